The Morgan fingerprint density at radius 2 is 1.89 bits per heavy atom. The molecule has 0 aliphatic heterocycles. The molecule has 0 spiro atoms. The lowest BCUT2D eigenvalue weighted by Crippen LogP contribution is -2.30. The minimum absolute atomic E-state index is 0.116. The van der Waals surface area contributed by atoms with Crippen LogP contribution in [0.15, 0.2) is 30.3 Å². The second-order valence-corrected chi connectivity index (χ2v) is 5.03. The van der Waals surface area contributed by atoms with Crippen LogP contribution in [-0.2, 0) is 11.2 Å². The van der Waals surface area contributed by atoms with Crippen LogP contribution in [0.5, 0.6) is 0 Å². The quantitative estimate of drug-likeness (QED) is 0.671. The average molecular weight is 262 g/mol. The lowest BCUT2D eigenvalue weighted by Gasteiger charge is -2.12. The summed E-state index contributed by atoms with van der Waals surface area (Å²) < 4.78 is 0. The molecule has 0 saturated carbocycles. The maximum Gasteiger partial charge on any atom is 0.222 e. The van der Waals surface area contributed by atoms with E-state index in [1.807, 2.05) is 20.0 Å². The molecule has 1 atom stereocenters. The highest BCUT2D eigenvalue weighted by Crippen LogP contribution is 2.05. The van der Waals surface area contributed by atoms with Crippen molar-refractivity contribution in [2.75, 3.05) is 20.1 Å². The maximum absolute atomic E-state index is 11.8. The fourth-order valence-electron chi connectivity index (χ4n) is 2.04. The first-order chi connectivity index (χ1) is 9.24. The van der Waals surface area contributed by atoms with Crippen molar-refractivity contribution in [3.05, 3.63) is 35.9 Å². The standard InChI is InChI=1S/C16H26N2O/c1-14(8-6-12-17-2)16(19)18-13-7-11-15-9-4-3-5-10-15/h3-5,9-10,14,17H,6-8,11-13H2,1-2H3,(H,18,19)/t14-/m1/s1. The second-order valence-electron chi connectivity index (χ2n) is 5.03. The number of amides is 1. The van der Waals surface area contributed by atoms with Crippen LogP contribution < -0.4 is 10.6 Å². The zero-order valence-electron chi connectivity index (χ0n) is 12.1. The number of hydrogen-bond donors (Lipinski definition) is 2. The Hall–Kier alpha value is -1.35. The van der Waals surface area contributed by atoms with Crippen molar-refractivity contribution in [3.63, 3.8) is 0 Å². The first-order valence-corrected chi connectivity index (χ1v) is 7.20. The highest BCUT2D eigenvalue weighted by molar-refractivity contribution is 5.78. The normalized spacial score (nSPS) is 12.1. The Balaban J connectivity index is 2.09. The predicted molar refractivity (Wildman–Crippen MR) is 80.1 cm³/mol. The molecule has 3 heteroatoms. The van der Waals surface area contributed by atoms with Gasteiger partial charge in [0.2, 0.25) is 5.91 Å². The predicted octanol–water partition coefficient (Wildman–Crippen LogP) is 2.37. The van der Waals surface area contributed by atoms with Gasteiger partial charge >= 0.3 is 0 Å². The average Bonchev–Trinajstić information content (AvgIpc) is 2.44. The number of aryl methyl sites for hydroxylation is 1. The molecular formula is C16H26N2O. The minimum Gasteiger partial charge on any atom is -0.356 e. The number of carbonyl (C=O) groups is 1. The third-order valence-electron chi connectivity index (χ3n) is 3.30. The van der Waals surface area contributed by atoms with Crippen LogP contribution >= 0.6 is 0 Å². The number of carbonyl (C=O) groups excluding carboxylic acids is 1. The summed E-state index contributed by atoms with van der Waals surface area (Å²) in [6.45, 7) is 3.75. The molecule has 1 aromatic rings. The van der Waals surface area contributed by atoms with Crippen molar-refractivity contribution in [2.45, 2.75) is 32.6 Å². The molecule has 0 aliphatic carbocycles. The van der Waals surface area contributed by atoms with Gasteiger partial charge in [-0.15, -0.1) is 0 Å². The molecule has 2 N–H and O–H groups in total. The second kappa shape index (κ2) is 9.56. The molecule has 0 radical (unpaired) electrons. The van der Waals surface area contributed by atoms with Crippen molar-refractivity contribution >= 4 is 5.91 Å². The number of hydrogen-bond acceptors (Lipinski definition) is 2. The summed E-state index contributed by atoms with van der Waals surface area (Å²) in [5.74, 6) is 0.300. The molecule has 1 aromatic carbocycles. The largest absolute Gasteiger partial charge is 0.356 e. The monoisotopic (exact) mass is 262 g/mol. The van der Waals surface area contributed by atoms with Gasteiger partial charge in [-0.25, -0.2) is 0 Å². The van der Waals surface area contributed by atoms with Gasteiger partial charge in [0, 0.05) is 12.5 Å². The van der Waals surface area contributed by atoms with Gasteiger partial charge in [-0.2, -0.15) is 0 Å². The van der Waals surface area contributed by atoms with Crippen molar-refractivity contribution < 1.29 is 4.79 Å². The zero-order valence-corrected chi connectivity index (χ0v) is 12.1. The molecule has 106 valence electrons. The Morgan fingerprint density at radius 3 is 2.58 bits per heavy atom. The molecule has 0 heterocycles. The van der Waals surface area contributed by atoms with E-state index in [2.05, 4.69) is 34.9 Å². The van der Waals surface area contributed by atoms with Gasteiger partial charge in [0.15, 0.2) is 0 Å². The first kappa shape index (κ1) is 15.7. The highest BCUT2D eigenvalue weighted by atomic mass is 16.1. The summed E-state index contributed by atoms with van der Waals surface area (Å²) in [6, 6.07) is 10.4. The van der Waals surface area contributed by atoms with Crippen LogP contribution in [0, 0.1) is 5.92 Å². The van der Waals surface area contributed by atoms with Gasteiger partial charge in [0.1, 0.15) is 0 Å². The van der Waals surface area contributed by atoms with Gasteiger partial charge in [-0.3, -0.25) is 4.79 Å². The molecule has 0 unspecified atom stereocenters. The highest BCUT2D eigenvalue weighted by Gasteiger charge is 2.11. The molecule has 0 saturated heterocycles. The summed E-state index contributed by atoms with van der Waals surface area (Å²) in [6.07, 6.45) is 4.02. The van der Waals surface area contributed by atoms with E-state index < -0.39 is 0 Å². The van der Waals surface area contributed by atoms with Gasteiger partial charge in [0.25, 0.3) is 0 Å². The third kappa shape index (κ3) is 6.97. The van der Waals surface area contributed by atoms with E-state index in [0.717, 1.165) is 38.8 Å². The van der Waals surface area contributed by atoms with Gasteiger partial charge in [0.05, 0.1) is 0 Å². The van der Waals surface area contributed by atoms with Gasteiger partial charge in [-0.05, 0) is 44.8 Å². The van der Waals surface area contributed by atoms with Crippen LogP contribution in [0.1, 0.15) is 31.7 Å². The lowest BCUT2D eigenvalue weighted by molar-refractivity contribution is -0.124. The Bertz CT molecular complexity index is 351. The summed E-state index contributed by atoms with van der Waals surface area (Å²) in [7, 11) is 1.94. The molecule has 3 nitrogen and oxygen atoms in total. The molecule has 0 aromatic heterocycles. The van der Waals surface area contributed by atoms with Gasteiger partial charge < -0.3 is 10.6 Å². The van der Waals surface area contributed by atoms with E-state index in [-0.39, 0.29) is 11.8 Å². The SMILES string of the molecule is CNCCC[C@@H](C)C(=O)NCCCc1ccccc1. The fourth-order valence-corrected chi connectivity index (χ4v) is 2.04. The molecule has 0 fully saturated rings. The van der Waals surface area contributed by atoms with Crippen molar-refractivity contribution in [3.8, 4) is 0 Å². The van der Waals surface area contributed by atoms with E-state index in [4.69, 9.17) is 0 Å². The molecule has 0 aliphatic rings. The number of rotatable bonds is 9. The fraction of sp³-hybridized carbons (Fsp3) is 0.562. The van der Waals surface area contributed by atoms with E-state index in [9.17, 15) is 4.79 Å². The van der Waals surface area contributed by atoms with Crippen molar-refractivity contribution in [1.82, 2.24) is 10.6 Å². The molecule has 1 amide bonds. The first-order valence-electron chi connectivity index (χ1n) is 7.20. The topological polar surface area (TPSA) is 41.1 Å². The van der Waals surface area contributed by atoms with Crippen LogP contribution in [0.3, 0.4) is 0 Å². The lowest BCUT2D eigenvalue weighted by atomic mass is 10.0. The number of benzene rings is 1. The van der Waals surface area contributed by atoms with E-state index in [0.29, 0.717) is 0 Å². The molecular weight excluding hydrogens is 236 g/mol. The Morgan fingerprint density at radius 1 is 1.16 bits per heavy atom. The van der Waals surface area contributed by atoms with Crippen LogP contribution in [0.4, 0.5) is 0 Å². The summed E-state index contributed by atoms with van der Waals surface area (Å²) >= 11 is 0. The van der Waals surface area contributed by atoms with Crippen molar-refractivity contribution in [2.24, 2.45) is 5.92 Å². The maximum atomic E-state index is 11.8. The van der Waals surface area contributed by atoms with E-state index in [1.54, 1.807) is 0 Å². The van der Waals surface area contributed by atoms with E-state index in [1.165, 1.54) is 5.56 Å². The minimum atomic E-state index is 0.116. The zero-order chi connectivity index (χ0) is 13.9. The van der Waals surface area contributed by atoms with Crippen molar-refractivity contribution in [1.29, 1.82) is 0 Å². The molecule has 1 rings (SSSR count). The van der Waals surface area contributed by atoms with E-state index >= 15 is 0 Å². The van der Waals surface area contributed by atoms with Crippen LogP contribution in [-0.4, -0.2) is 26.0 Å². The van der Waals surface area contributed by atoms with Crippen LogP contribution in [0.2, 0.25) is 0 Å². The summed E-state index contributed by atoms with van der Waals surface area (Å²) in [4.78, 5) is 11.8. The smallest absolute Gasteiger partial charge is 0.222 e. The Kier molecular flexibility index (Phi) is 7.91. The van der Waals surface area contributed by atoms with Gasteiger partial charge in [-0.1, -0.05) is 37.3 Å². The third-order valence-corrected chi connectivity index (χ3v) is 3.30. The Labute approximate surface area is 116 Å². The summed E-state index contributed by atoms with van der Waals surface area (Å²) in [5.41, 5.74) is 1.33. The number of nitrogens with one attached hydrogen (secondary N) is 2. The van der Waals surface area contributed by atoms with Crippen LogP contribution in [0.25, 0.3) is 0 Å². The summed E-state index contributed by atoms with van der Waals surface area (Å²) in [5, 5.41) is 6.12. The molecule has 0 bridgehead atoms. The molecule has 19 heavy (non-hydrogen) atoms.